The zero-order chi connectivity index (χ0) is 14.1. The molecule has 5 nitrogen and oxygen atoms in total. The van der Waals surface area contributed by atoms with E-state index in [1.807, 2.05) is 0 Å². The van der Waals surface area contributed by atoms with Crippen molar-refractivity contribution in [2.24, 2.45) is 0 Å². The predicted molar refractivity (Wildman–Crippen MR) is 70.7 cm³/mol. The van der Waals surface area contributed by atoms with Gasteiger partial charge in [0.1, 0.15) is 0 Å². The Kier molecular flexibility index (Phi) is 3.92. The molecule has 1 aromatic rings. The third kappa shape index (κ3) is 3.14. The zero-order valence-electron chi connectivity index (χ0n) is 10.2. The van der Waals surface area contributed by atoms with Crippen molar-refractivity contribution < 1.29 is 18.3 Å². The van der Waals surface area contributed by atoms with Crippen LogP contribution in [0.15, 0.2) is 18.2 Å². The molecule has 0 aromatic heterocycles. The van der Waals surface area contributed by atoms with Crippen LogP contribution in [0.5, 0.6) is 0 Å². The van der Waals surface area contributed by atoms with Gasteiger partial charge in [-0.05, 0) is 39.0 Å². The van der Waals surface area contributed by atoms with Gasteiger partial charge in [0.2, 0.25) is 10.0 Å². The molecule has 0 fully saturated rings. The molecule has 0 heterocycles. The van der Waals surface area contributed by atoms with E-state index in [4.69, 9.17) is 16.7 Å². The third-order valence-electron chi connectivity index (χ3n) is 2.26. The number of nitrogens with one attached hydrogen (secondary N) is 1. The minimum atomic E-state index is -3.68. The van der Waals surface area contributed by atoms with Crippen molar-refractivity contribution in [3.05, 3.63) is 28.8 Å². The van der Waals surface area contributed by atoms with Gasteiger partial charge < -0.3 is 5.11 Å². The van der Waals surface area contributed by atoms with Crippen molar-refractivity contribution in [2.45, 2.75) is 25.5 Å². The van der Waals surface area contributed by atoms with Crippen molar-refractivity contribution >= 4 is 33.3 Å². The lowest BCUT2D eigenvalue weighted by Gasteiger charge is -2.21. The van der Waals surface area contributed by atoms with Crippen LogP contribution in [0, 0.1) is 0 Å². The number of carboxylic acids is 1. The van der Waals surface area contributed by atoms with Crippen LogP contribution in [0.4, 0.5) is 5.69 Å². The summed E-state index contributed by atoms with van der Waals surface area (Å²) in [5.74, 6) is -1.25. The number of anilines is 1. The van der Waals surface area contributed by atoms with Gasteiger partial charge in [-0.3, -0.25) is 4.72 Å². The van der Waals surface area contributed by atoms with Gasteiger partial charge in [0, 0.05) is 5.02 Å². The molecule has 18 heavy (non-hydrogen) atoms. The lowest BCUT2D eigenvalue weighted by atomic mass is 10.2. The van der Waals surface area contributed by atoms with Crippen molar-refractivity contribution in [1.82, 2.24) is 0 Å². The van der Waals surface area contributed by atoms with Crippen LogP contribution < -0.4 is 4.72 Å². The highest BCUT2D eigenvalue weighted by atomic mass is 35.5. The molecule has 2 N–H and O–H groups in total. The smallest absolute Gasteiger partial charge is 0.337 e. The highest BCUT2D eigenvalue weighted by molar-refractivity contribution is 7.94. The number of hydrogen-bond donors (Lipinski definition) is 2. The first kappa shape index (κ1) is 14.8. The standard InChI is InChI=1S/C11H14ClNO4S/c1-11(2,3)18(16,17)13-9-5-4-7(12)6-8(9)10(14)15/h4-6,13H,1-3H3,(H,14,15). The molecule has 1 aromatic carbocycles. The molecule has 1 rings (SSSR count). The summed E-state index contributed by atoms with van der Waals surface area (Å²) < 4.78 is 25.1. The van der Waals surface area contributed by atoms with Crippen LogP contribution in [-0.2, 0) is 10.0 Å². The Labute approximate surface area is 111 Å². The molecule has 0 unspecified atom stereocenters. The van der Waals surface area contributed by atoms with Crippen molar-refractivity contribution in [3.63, 3.8) is 0 Å². The average molecular weight is 292 g/mol. The van der Waals surface area contributed by atoms with Crippen LogP contribution >= 0.6 is 11.6 Å². The van der Waals surface area contributed by atoms with E-state index >= 15 is 0 Å². The number of carbonyl (C=O) groups is 1. The molecule has 0 saturated heterocycles. The quantitative estimate of drug-likeness (QED) is 0.896. The molecular weight excluding hydrogens is 278 g/mol. The van der Waals surface area contributed by atoms with E-state index in [0.717, 1.165) is 0 Å². The molecule has 0 saturated carbocycles. The molecule has 0 aliphatic rings. The van der Waals surface area contributed by atoms with E-state index in [1.54, 1.807) is 0 Å². The van der Waals surface area contributed by atoms with E-state index in [9.17, 15) is 13.2 Å². The zero-order valence-corrected chi connectivity index (χ0v) is 11.8. The van der Waals surface area contributed by atoms with Gasteiger partial charge in [0.05, 0.1) is 16.0 Å². The molecule has 0 atom stereocenters. The Morgan fingerprint density at radius 2 is 1.89 bits per heavy atom. The van der Waals surface area contributed by atoms with Crippen LogP contribution in [0.2, 0.25) is 5.02 Å². The number of carboxylic acid groups (broad SMARTS) is 1. The number of rotatable bonds is 3. The van der Waals surface area contributed by atoms with Crippen LogP contribution in [0.3, 0.4) is 0 Å². The summed E-state index contributed by atoms with van der Waals surface area (Å²) >= 11 is 5.68. The topological polar surface area (TPSA) is 83.5 Å². The minimum Gasteiger partial charge on any atom is -0.478 e. The minimum absolute atomic E-state index is 0.00169. The maximum absolute atomic E-state index is 11.9. The van der Waals surface area contributed by atoms with Crippen LogP contribution in [0.25, 0.3) is 0 Å². The van der Waals surface area contributed by atoms with Crippen LogP contribution in [0.1, 0.15) is 31.1 Å². The third-order valence-corrected chi connectivity index (χ3v) is 4.60. The largest absolute Gasteiger partial charge is 0.478 e. The van der Waals surface area contributed by atoms with Gasteiger partial charge in [-0.1, -0.05) is 11.6 Å². The van der Waals surface area contributed by atoms with Crippen LogP contribution in [-0.4, -0.2) is 24.2 Å². The fourth-order valence-electron chi connectivity index (χ4n) is 1.08. The Hall–Kier alpha value is -1.27. The summed E-state index contributed by atoms with van der Waals surface area (Å²) in [6, 6.07) is 3.95. The Morgan fingerprint density at radius 3 is 2.33 bits per heavy atom. The van der Waals surface area contributed by atoms with Gasteiger partial charge in [0.25, 0.3) is 0 Å². The Bertz CT molecular complexity index is 575. The number of aromatic carboxylic acids is 1. The van der Waals surface area contributed by atoms with E-state index in [1.165, 1.54) is 39.0 Å². The van der Waals surface area contributed by atoms with Crippen molar-refractivity contribution in [3.8, 4) is 0 Å². The first-order valence-electron chi connectivity index (χ1n) is 5.10. The van der Waals surface area contributed by atoms with Gasteiger partial charge >= 0.3 is 5.97 Å². The highest BCUT2D eigenvalue weighted by Crippen LogP contribution is 2.25. The summed E-state index contributed by atoms with van der Waals surface area (Å²) in [4.78, 5) is 11.0. The van der Waals surface area contributed by atoms with E-state index in [2.05, 4.69) is 4.72 Å². The summed E-state index contributed by atoms with van der Waals surface area (Å²) in [5, 5.41) is 9.22. The molecule has 0 amide bonds. The van der Waals surface area contributed by atoms with E-state index < -0.39 is 20.7 Å². The molecule has 100 valence electrons. The normalized spacial score (nSPS) is 12.2. The first-order valence-corrected chi connectivity index (χ1v) is 6.96. The molecule has 0 aliphatic carbocycles. The lowest BCUT2D eigenvalue weighted by molar-refractivity contribution is 0.0698. The second-order valence-electron chi connectivity index (χ2n) is 4.71. The summed E-state index contributed by atoms with van der Waals surface area (Å²) in [6.45, 7) is 4.56. The molecule has 7 heteroatoms. The second kappa shape index (κ2) is 4.78. The molecular formula is C11H14ClNO4S. The number of hydrogen-bond acceptors (Lipinski definition) is 3. The molecule has 0 spiro atoms. The number of halogens is 1. The number of benzene rings is 1. The van der Waals surface area contributed by atoms with E-state index in [-0.39, 0.29) is 16.3 Å². The molecule has 0 bridgehead atoms. The SMILES string of the molecule is CC(C)(C)S(=O)(=O)Nc1ccc(Cl)cc1C(=O)O. The lowest BCUT2D eigenvalue weighted by Crippen LogP contribution is -2.34. The van der Waals surface area contributed by atoms with Gasteiger partial charge in [-0.2, -0.15) is 0 Å². The maximum Gasteiger partial charge on any atom is 0.337 e. The molecule has 0 radical (unpaired) electrons. The summed E-state index contributed by atoms with van der Waals surface area (Å²) in [6.07, 6.45) is 0. The van der Waals surface area contributed by atoms with E-state index in [0.29, 0.717) is 0 Å². The molecule has 0 aliphatic heterocycles. The van der Waals surface area contributed by atoms with Crippen molar-refractivity contribution in [1.29, 1.82) is 0 Å². The Balaban J connectivity index is 3.25. The first-order chi connectivity index (χ1) is 8.04. The average Bonchev–Trinajstić information content (AvgIpc) is 2.18. The maximum atomic E-state index is 11.9. The van der Waals surface area contributed by atoms with Gasteiger partial charge in [0.15, 0.2) is 0 Å². The highest BCUT2D eigenvalue weighted by Gasteiger charge is 2.30. The van der Waals surface area contributed by atoms with Crippen molar-refractivity contribution in [2.75, 3.05) is 4.72 Å². The monoisotopic (exact) mass is 291 g/mol. The van der Waals surface area contributed by atoms with Gasteiger partial charge in [-0.25, -0.2) is 13.2 Å². The fourth-order valence-corrected chi connectivity index (χ4v) is 2.03. The second-order valence-corrected chi connectivity index (χ2v) is 7.59. The Morgan fingerprint density at radius 1 is 1.33 bits per heavy atom. The summed E-state index contributed by atoms with van der Waals surface area (Å²) in [5.41, 5.74) is -0.183. The summed E-state index contributed by atoms with van der Waals surface area (Å²) in [7, 11) is -3.68. The van der Waals surface area contributed by atoms with Gasteiger partial charge in [-0.15, -0.1) is 0 Å². The number of sulfonamides is 1. The predicted octanol–water partition coefficient (Wildman–Crippen LogP) is 2.58. The fraction of sp³-hybridized carbons (Fsp3) is 0.364.